The molecule has 2 aliphatic heterocycles. The highest BCUT2D eigenvalue weighted by Crippen LogP contribution is 2.44. The Kier molecular flexibility index (Phi) is 8.32. The number of ether oxygens (including phenoxy) is 1. The van der Waals surface area contributed by atoms with Crippen LogP contribution >= 0.6 is 0 Å². The first kappa shape index (κ1) is 26.7. The molecular formula is C27H35F3N6O2. The Morgan fingerprint density at radius 1 is 1.11 bits per heavy atom. The topological polar surface area (TPSA) is 82.6 Å². The second-order valence-corrected chi connectivity index (χ2v) is 10.3. The van der Waals surface area contributed by atoms with E-state index in [1.807, 2.05) is 6.07 Å². The number of carbonyl (C=O) groups excluding carboxylic acids is 1. The van der Waals surface area contributed by atoms with Crippen molar-refractivity contribution in [3.05, 3.63) is 41.1 Å². The lowest BCUT2D eigenvalue weighted by molar-refractivity contribution is -0.137. The van der Waals surface area contributed by atoms with Crippen molar-refractivity contribution in [2.24, 2.45) is 0 Å². The molecule has 5 rings (SSSR count). The lowest BCUT2D eigenvalue weighted by Crippen LogP contribution is -2.36. The second-order valence-electron chi connectivity index (χ2n) is 10.3. The number of nitrogens with zero attached hydrogens (tertiary/aromatic N) is 4. The number of anilines is 3. The zero-order valence-corrected chi connectivity index (χ0v) is 21.5. The number of rotatable bonds is 10. The van der Waals surface area contributed by atoms with Crippen LogP contribution in [0.4, 0.5) is 30.6 Å². The zero-order chi connectivity index (χ0) is 26.5. The van der Waals surface area contributed by atoms with Gasteiger partial charge in [0, 0.05) is 57.6 Å². The fourth-order valence-corrected chi connectivity index (χ4v) is 5.05. The van der Waals surface area contributed by atoms with Gasteiger partial charge in [-0.1, -0.05) is 12.1 Å². The molecule has 0 radical (unpaired) electrons. The molecule has 3 aliphatic rings. The van der Waals surface area contributed by atoms with Crippen molar-refractivity contribution >= 4 is 23.4 Å². The van der Waals surface area contributed by atoms with Crippen molar-refractivity contribution in [1.29, 1.82) is 0 Å². The maximum atomic E-state index is 13.7. The van der Waals surface area contributed by atoms with Gasteiger partial charge in [0.1, 0.15) is 11.4 Å². The largest absolute Gasteiger partial charge is 0.421 e. The Morgan fingerprint density at radius 3 is 2.66 bits per heavy atom. The molecule has 206 valence electrons. The Bertz CT molecular complexity index is 1120. The Hall–Kier alpha value is -2.92. The third-order valence-electron chi connectivity index (χ3n) is 7.30. The molecule has 38 heavy (non-hydrogen) atoms. The molecule has 1 saturated carbocycles. The summed E-state index contributed by atoms with van der Waals surface area (Å²) in [5.41, 5.74) is 2.29. The van der Waals surface area contributed by atoms with Crippen LogP contribution in [-0.2, 0) is 22.3 Å². The predicted octanol–water partition coefficient (Wildman–Crippen LogP) is 4.76. The summed E-state index contributed by atoms with van der Waals surface area (Å²) >= 11 is 0. The summed E-state index contributed by atoms with van der Waals surface area (Å²) in [6.45, 7) is 5.64. The average Bonchev–Trinajstić information content (AvgIpc) is 3.74. The number of piperidine rings is 1. The van der Waals surface area contributed by atoms with Crippen LogP contribution in [-0.4, -0.2) is 71.6 Å². The molecule has 3 heterocycles. The minimum atomic E-state index is -4.58. The second kappa shape index (κ2) is 11.9. The minimum absolute atomic E-state index is 0.114. The number of alkyl halides is 3. The molecule has 0 bridgehead atoms. The van der Waals surface area contributed by atoms with Gasteiger partial charge >= 0.3 is 6.18 Å². The van der Waals surface area contributed by atoms with E-state index >= 15 is 0 Å². The summed E-state index contributed by atoms with van der Waals surface area (Å²) in [4.78, 5) is 24.3. The number of nitrogens with one attached hydrogen (secondary N) is 2. The van der Waals surface area contributed by atoms with Gasteiger partial charge in [0.25, 0.3) is 0 Å². The molecular weight excluding hydrogens is 497 g/mol. The zero-order valence-electron chi connectivity index (χ0n) is 21.5. The number of aromatic nitrogens is 2. The standard InChI is InChI=1S/C27H35F3N6O2/c28-27(29,30)22-17-32-26(34-25(22)31-9-3-11-36-10-2-1-4-24(36)37)33-23-8-5-19(16-21(23)20-6-7-20)18-35-12-14-38-15-13-35/h5,8,16-17,20H,1-4,6-7,9-15,18H2,(H2,31,32,33,34). The van der Waals surface area contributed by atoms with Gasteiger partial charge in [0.05, 0.1) is 13.2 Å². The summed E-state index contributed by atoms with van der Waals surface area (Å²) in [6, 6.07) is 6.22. The van der Waals surface area contributed by atoms with Gasteiger partial charge in [-0.05, 0) is 55.2 Å². The maximum absolute atomic E-state index is 13.7. The van der Waals surface area contributed by atoms with Crippen LogP contribution in [0, 0.1) is 0 Å². The highest BCUT2D eigenvalue weighted by Gasteiger charge is 2.35. The van der Waals surface area contributed by atoms with E-state index in [4.69, 9.17) is 4.74 Å². The smallest absolute Gasteiger partial charge is 0.379 e. The van der Waals surface area contributed by atoms with E-state index in [9.17, 15) is 18.0 Å². The summed E-state index contributed by atoms with van der Waals surface area (Å²) < 4.78 is 46.4. The molecule has 2 aromatic rings. The first-order valence-electron chi connectivity index (χ1n) is 13.5. The summed E-state index contributed by atoms with van der Waals surface area (Å²) in [7, 11) is 0. The van der Waals surface area contributed by atoms with E-state index in [1.165, 1.54) is 5.56 Å². The first-order chi connectivity index (χ1) is 18.4. The predicted molar refractivity (Wildman–Crippen MR) is 138 cm³/mol. The van der Waals surface area contributed by atoms with Crippen LogP contribution in [0.15, 0.2) is 24.4 Å². The lowest BCUT2D eigenvalue weighted by atomic mass is 10.0. The van der Waals surface area contributed by atoms with E-state index in [1.54, 1.807) is 4.90 Å². The number of hydrogen-bond donors (Lipinski definition) is 2. The number of likely N-dealkylation sites (tertiary alicyclic amines) is 1. The fraction of sp³-hybridized carbons (Fsp3) is 0.593. The highest BCUT2D eigenvalue weighted by atomic mass is 19.4. The Morgan fingerprint density at radius 2 is 1.92 bits per heavy atom. The molecule has 1 aliphatic carbocycles. The van der Waals surface area contributed by atoms with E-state index in [0.717, 1.165) is 76.0 Å². The quantitative estimate of drug-likeness (QED) is 0.427. The average molecular weight is 533 g/mol. The molecule has 1 aromatic heterocycles. The van der Waals surface area contributed by atoms with Crippen molar-refractivity contribution in [3.63, 3.8) is 0 Å². The molecule has 2 saturated heterocycles. The number of carbonyl (C=O) groups is 1. The van der Waals surface area contributed by atoms with Crippen molar-refractivity contribution in [2.75, 3.05) is 56.6 Å². The van der Waals surface area contributed by atoms with Gasteiger partial charge in [-0.25, -0.2) is 4.98 Å². The molecule has 0 spiro atoms. The van der Waals surface area contributed by atoms with Crippen LogP contribution in [0.1, 0.15) is 61.1 Å². The van der Waals surface area contributed by atoms with Crippen molar-refractivity contribution in [3.8, 4) is 0 Å². The molecule has 8 nitrogen and oxygen atoms in total. The third-order valence-corrected chi connectivity index (χ3v) is 7.30. The maximum Gasteiger partial charge on any atom is 0.421 e. The van der Waals surface area contributed by atoms with Gasteiger partial charge in [0.2, 0.25) is 11.9 Å². The number of morpholine rings is 1. The van der Waals surface area contributed by atoms with E-state index in [0.29, 0.717) is 31.8 Å². The molecule has 1 aromatic carbocycles. The van der Waals surface area contributed by atoms with Crippen LogP contribution in [0.2, 0.25) is 0 Å². The van der Waals surface area contributed by atoms with Gasteiger partial charge in [-0.2, -0.15) is 18.2 Å². The monoisotopic (exact) mass is 532 g/mol. The number of amides is 1. The van der Waals surface area contributed by atoms with Gasteiger partial charge < -0.3 is 20.3 Å². The van der Waals surface area contributed by atoms with Crippen LogP contribution < -0.4 is 10.6 Å². The summed E-state index contributed by atoms with van der Waals surface area (Å²) in [6.07, 6.45) is 1.38. The number of hydrogen-bond acceptors (Lipinski definition) is 7. The van der Waals surface area contributed by atoms with Gasteiger partial charge in [0.15, 0.2) is 0 Å². The molecule has 2 N–H and O–H groups in total. The van der Waals surface area contributed by atoms with Crippen LogP contribution in [0.5, 0.6) is 0 Å². The van der Waals surface area contributed by atoms with Crippen molar-refractivity contribution in [2.45, 2.75) is 57.2 Å². The van der Waals surface area contributed by atoms with Crippen LogP contribution in [0.25, 0.3) is 0 Å². The third kappa shape index (κ3) is 6.93. The van der Waals surface area contributed by atoms with E-state index in [-0.39, 0.29) is 24.2 Å². The molecule has 11 heteroatoms. The van der Waals surface area contributed by atoms with E-state index < -0.39 is 11.7 Å². The molecule has 3 fully saturated rings. The van der Waals surface area contributed by atoms with Crippen LogP contribution in [0.3, 0.4) is 0 Å². The number of halogens is 3. The SMILES string of the molecule is O=C1CCCCN1CCCNc1nc(Nc2ccc(CN3CCOCC3)cc2C2CC2)ncc1C(F)(F)F. The minimum Gasteiger partial charge on any atom is -0.379 e. The fourth-order valence-electron chi connectivity index (χ4n) is 5.05. The van der Waals surface area contributed by atoms with Gasteiger partial charge in [-0.3, -0.25) is 9.69 Å². The molecule has 0 unspecified atom stereocenters. The highest BCUT2D eigenvalue weighted by molar-refractivity contribution is 5.76. The summed E-state index contributed by atoms with van der Waals surface area (Å²) in [5.74, 6) is 0.418. The normalized spacial score (nSPS) is 19.0. The first-order valence-corrected chi connectivity index (χ1v) is 13.5. The summed E-state index contributed by atoms with van der Waals surface area (Å²) in [5, 5.41) is 6.02. The Balaban J connectivity index is 1.27. The lowest BCUT2D eigenvalue weighted by Gasteiger charge is -2.27. The van der Waals surface area contributed by atoms with Crippen molar-refractivity contribution < 1.29 is 22.7 Å². The van der Waals surface area contributed by atoms with Gasteiger partial charge in [-0.15, -0.1) is 0 Å². The van der Waals surface area contributed by atoms with E-state index in [2.05, 4.69) is 37.6 Å². The molecule has 0 atom stereocenters. The number of benzene rings is 1. The molecule has 1 amide bonds. The van der Waals surface area contributed by atoms with Crippen molar-refractivity contribution in [1.82, 2.24) is 19.8 Å². The Labute approximate surface area is 221 Å².